The molecule has 0 saturated heterocycles. The van der Waals surface area contributed by atoms with Crippen molar-refractivity contribution in [1.29, 1.82) is 0 Å². The van der Waals surface area contributed by atoms with Crippen LogP contribution in [0, 0.1) is 0 Å². The van der Waals surface area contributed by atoms with E-state index in [1.54, 1.807) is 0 Å². The molecule has 0 heterocycles. The second-order valence-corrected chi connectivity index (χ2v) is 6.20. The van der Waals surface area contributed by atoms with Crippen molar-refractivity contribution >= 4 is 0 Å². The van der Waals surface area contributed by atoms with Crippen LogP contribution >= 0.6 is 0 Å². The Labute approximate surface area is 115 Å². The Morgan fingerprint density at radius 3 is 0.889 bits per heavy atom. The number of hydrogen-bond donors (Lipinski definition) is 0. The smallest absolute Gasteiger partial charge is 0.0323 e. The largest absolute Gasteiger partial charge is 0.0999 e. The average molecular weight is 250 g/mol. The molecular formula is C18H34. The Morgan fingerprint density at radius 1 is 0.389 bits per heavy atom. The maximum Gasteiger partial charge on any atom is -0.0323 e. The molecule has 0 nitrogen and oxygen atoms in total. The first-order valence-corrected chi connectivity index (χ1v) is 8.56. The summed E-state index contributed by atoms with van der Waals surface area (Å²) >= 11 is 0. The van der Waals surface area contributed by atoms with Gasteiger partial charge >= 0.3 is 0 Å². The second kappa shape index (κ2) is 11.8. The lowest BCUT2D eigenvalue weighted by molar-refractivity contribution is 0.538. The van der Waals surface area contributed by atoms with Crippen LogP contribution in [-0.4, -0.2) is 0 Å². The van der Waals surface area contributed by atoms with Gasteiger partial charge in [-0.2, -0.15) is 0 Å². The normalized spacial score (nSPS) is 23.4. The number of hydrogen-bond acceptors (Lipinski definition) is 0. The topological polar surface area (TPSA) is 0 Å². The van der Waals surface area contributed by atoms with Gasteiger partial charge in [0.15, 0.2) is 0 Å². The van der Waals surface area contributed by atoms with E-state index >= 15 is 0 Å². The number of rotatable bonds is 0. The molecule has 1 saturated carbocycles. The van der Waals surface area contributed by atoms with Crippen molar-refractivity contribution in [2.75, 3.05) is 0 Å². The highest BCUT2D eigenvalue weighted by atomic mass is 14.0. The minimum atomic E-state index is 1.29. The van der Waals surface area contributed by atoms with E-state index in [0.717, 1.165) is 0 Å². The lowest BCUT2D eigenvalue weighted by Crippen LogP contribution is -1.86. The molecule has 0 spiro atoms. The van der Waals surface area contributed by atoms with Crippen LogP contribution in [0.25, 0.3) is 0 Å². The molecule has 0 radical (unpaired) electrons. The van der Waals surface area contributed by atoms with Gasteiger partial charge in [0.25, 0.3) is 0 Å². The monoisotopic (exact) mass is 250 g/mol. The predicted molar refractivity (Wildman–Crippen MR) is 83.0 cm³/mol. The summed E-state index contributed by atoms with van der Waals surface area (Å²) in [5, 5.41) is 0. The Bertz CT molecular complexity index is 172. The number of allylic oxidation sites excluding steroid dienone is 1. The molecular weight excluding hydrogens is 216 g/mol. The Morgan fingerprint density at radius 2 is 0.611 bits per heavy atom. The van der Waals surface area contributed by atoms with E-state index in [1.165, 1.54) is 108 Å². The van der Waals surface area contributed by atoms with Crippen molar-refractivity contribution in [2.24, 2.45) is 0 Å². The summed E-state index contributed by atoms with van der Waals surface area (Å²) in [6, 6.07) is 0. The van der Waals surface area contributed by atoms with Crippen LogP contribution in [0.15, 0.2) is 12.2 Å². The Kier molecular flexibility index (Phi) is 10.4. The molecule has 0 aliphatic heterocycles. The third-order valence-corrected chi connectivity index (χ3v) is 4.31. The highest BCUT2D eigenvalue weighted by Gasteiger charge is 1.98. The summed E-state index contributed by atoms with van der Waals surface area (Å²) in [5.41, 5.74) is 1.51. The minimum Gasteiger partial charge on any atom is -0.0999 e. The van der Waals surface area contributed by atoms with Crippen LogP contribution in [0.2, 0.25) is 0 Å². The van der Waals surface area contributed by atoms with Gasteiger partial charge < -0.3 is 0 Å². The molecule has 0 N–H and O–H groups in total. The fraction of sp³-hybridized carbons (Fsp3) is 0.889. The van der Waals surface area contributed by atoms with Crippen molar-refractivity contribution in [3.63, 3.8) is 0 Å². The zero-order valence-electron chi connectivity index (χ0n) is 12.5. The summed E-state index contributed by atoms with van der Waals surface area (Å²) in [5.74, 6) is 0. The van der Waals surface area contributed by atoms with E-state index in [4.69, 9.17) is 0 Å². The van der Waals surface area contributed by atoms with Crippen LogP contribution < -0.4 is 0 Å². The van der Waals surface area contributed by atoms with E-state index in [1.807, 2.05) is 0 Å². The highest BCUT2D eigenvalue weighted by Crippen LogP contribution is 2.18. The van der Waals surface area contributed by atoms with E-state index in [0.29, 0.717) is 0 Å². The van der Waals surface area contributed by atoms with Gasteiger partial charge in [0, 0.05) is 0 Å². The summed E-state index contributed by atoms with van der Waals surface area (Å²) in [6.45, 7) is 4.23. The van der Waals surface area contributed by atoms with E-state index in [-0.39, 0.29) is 0 Å². The van der Waals surface area contributed by atoms with Crippen LogP contribution in [0.3, 0.4) is 0 Å². The van der Waals surface area contributed by atoms with E-state index < -0.39 is 0 Å². The molecule has 0 heteroatoms. The molecule has 1 aliphatic rings. The third kappa shape index (κ3) is 9.74. The van der Waals surface area contributed by atoms with E-state index in [2.05, 4.69) is 6.58 Å². The lowest BCUT2D eigenvalue weighted by atomic mass is 10.0. The first kappa shape index (κ1) is 15.8. The predicted octanol–water partition coefficient (Wildman–Crippen LogP) is 6.80. The first-order valence-electron chi connectivity index (χ1n) is 8.56. The molecule has 0 atom stereocenters. The molecule has 1 fully saturated rings. The van der Waals surface area contributed by atoms with Gasteiger partial charge in [-0.05, 0) is 25.7 Å². The van der Waals surface area contributed by atoms with Crippen molar-refractivity contribution in [1.82, 2.24) is 0 Å². The van der Waals surface area contributed by atoms with Crippen LogP contribution in [0.5, 0.6) is 0 Å². The minimum absolute atomic E-state index is 1.29. The van der Waals surface area contributed by atoms with Crippen LogP contribution in [0.4, 0.5) is 0 Å². The van der Waals surface area contributed by atoms with Crippen LogP contribution in [-0.2, 0) is 0 Å². The summed E-state index contributed by atoms with van der Waals surface area (Å²) in [4.78, 5) is 0. The maximum absolute atomic E-state index is 4.23. The third-order valence-electron chi connectivity index (χ3n) is 4.31. The van der Waals surface area contributed by atoms with Crippen molar-refractivity contribution in [3.05, 3.63) is 12.2 Å². The molecule has 0 aromatic rings. The van der Waals surface area contributed by atoms with E-state index in [9.17, 15) is 0 Å². The van der Waals surface area contributed by atoms with Gasteiger partial charge in [0.1, 0.15) is 0 Å². The molecule has 1 rings (SSSR count). The summed E-state index contributed by atoms with van der Waals surface area (Å²) in [6.07, 6.45) is 22.9. The highest BCUT2D eigenvalue weighted by molar-refractivity contribution is 4.93. The molecule has 18 heavy (non-hydrogen) atoms. The van der Waals surface area contributed by atoms with Gasteiger partial charge in [-0.25, -0.2) is 0 Å². The fourth-order valence-corrected chi connectivity index (χ4v) is 3.00. The van der Waals surface area contributed by atoms with Crippen molar-refractivity contribution in [3.8, 4) is 0 Å². The molecule has 0 aromatic carbocycles. The second-order valence-electron chi connectivity index (χ2n) is 6.20. The van der Waals surface area contributed by atoms with Gasteiger partial charge in [-0.1, -0.05) is 89.2 Å². The molecule has 1 aliphatic carbocycles. The average Bonchev–Trinajstić information content (AvgIpc) is 2.37. The Hall–Kier alpha value is -0.260. The van der Waals surface area contributed by atoms with Crippen molar-refractivity contribution < 1.29 is 0 Å². The summed E-state index contributed by atoms with van der Waals surface area (Å²) in [7, 11) is 0. The van der Waals surface area contributed by atoms with Gasteiger partial charge in [0.2, 0.25) is 0 Å². The SMILES string of the molecule is C=C1CCCCCCCCCCCCCCCC1. The van der Waals surface area contributed by atoms with Crippen molar-refractivity contribution in [2.45, 2.75) is 103 Å². The first-order chi connectivity index (χ1) is 8.89. The lowest BCUT2D eigenvalue weighted by Gasteiger charge is -2.05. The molecule has 0 unspecified atom stereocenters. The Balaban J connectivity index is 2.11. The molecule has 0 amide bonds. The van der Waals surface area contributed by atoms with Gasteiger partial charge in [-0.15, -0.1) is 0 Å². The zero-order chi connectivity index (χ0) is 12.9. The fourth-order valence-electron chi connectivity index (χ4n) is 3.00. The zero-order valence-corrected chi connectivity index (χ0v) is 12.5. The van der Waals surface area contributed by atoms with Gasteiger partial charge in [-0.3, -0.25) is 0 Å². The molecule has 0 bridgehead atoms. The van der Waals surface area contributed by atoms with Crippen LogP contribution in [0.1, 0.15) is 103 Å². The molecule has 0 aromatic heterocycles. The standard InChI is InChI=1S/C18H34/c1-18-16-14-12-10-8-6-4-2-3-5-7-9-11-13-15-17-18/h1-17H2. The van der Waals surface area contributed by atoms with Gasteiger partial charge in [0.05, 0.1) is 0 Å². The molecule has 106 valence electrons. The summed E-state index contributed by atoms with van der Waals surface area (Å²) < 4.78 is 0. The maximum atomic E-state index is 4.23. The quantitative estimate of drug-likeness (QED) is 0.415.